The van der Waals surface area contributed by atoms with Gasteiger partial charge in [0.05, 0.1) is 5.39 Å². The molecule has 3 N–H and O–H groups in total. The average Bonchev–Trinajstić information content (AvgIpc) is 2.78. The third-order valence-electron chi connectivity index (χ3n) is 5.74. The summed E-state index contributed by atoms with van der Waals surface area (Å²) in [5, 5.41) is 16.4. The summed E-state index contributed by atoms with van der Waals surface area (Å²) < 4.78 is 0.999. The fraction of sp³-hybridized carbons (Fsp3) is 0.333. The first-order valence-corrected chi connectivity index (χ1v) is 11.5. The molecule has 1 aromatic heterocycles. The summed E-state index contributed by atoms with van der Waals surface area (Å²) in [6.45, 7) is 6.32. The van der Waals surface area contributed by atoms with Crippen LogP contribution < -0.4 is 21.5 Å². The predicted molar refractivity (Wildman–Crippen MR) is 131 cm³/mol. The fourth-order valence-corrected chi connectivity index (χ4v) is 4.35. The number of fused-ring (bicyclic) bond motifs is 1. The minimum Gasteiger partial charge on any atom is -0.334 e. The second kappa shape index (κ2) is 9.46. The van der Waals surface area contributed by atoms with Crippen LogP contribution in [0.25, 0.3) is 10.9 Å². The van der Waals surface area contributed by atoms with Crippen LogP contribution in [0.15, 0.2) is 41.2 Å². The standard InChI is InChI=1S/C24H25ClN6O4/c1-24(2,3)16-6-5-14(11-17(16)25)27-23(35)26-12-13-4-7-18-15(10-13)22(34)31(30-29-18)19-8-9-20(32)28-21(19)33/h4-7,10-11,19H,8-9,12H2,1-3H3,(H2,26,27,35)(H,28,32,33). The van der Waals surface area contributed by atoms with E-state index in [4.69, 9.17) is 11.6 Å². The zero-order chi connectivity index (χ0) is 25.3. The van der Waals surface area contributed by atoms with E-state index in [0.717, 1.165) is 10.2 Å². The molecule has 1 aliphatic rings. The van der Waals surface area contributed by atoms with Crippen molar-refractivity contribution in [1.29, 1.82) is 0 Å². The highest BCUT2D eigenvalue weighted by atomic mass is 35.5. The molecule has 2 heterocycles. The van der Waals surface area contributed by atoms with Crippen molar-refractivity contribution >= 4 is 46.0 Å². The number of benzene rings is 2. The SMILES string of the molecule is CC(C)(C)c1ccc(NC(=O)NCc2ccc3nnn(C4CCC(=O)NC4=O)c(=O)c3c2)cc1Cl. The number of urea groups is 1. The van der Waals surface area contributed by atoms with E-state index in [0.29, 0.717) is 21.8 Å². The molecule has 0 spiro atoms. The number of hydrogen-bond acceptors (Lipinski definition) is 6. The van der Waals surface area contributed by atoms with E-state index in [1.54, 1.807) is 30.3 Å². The van der Waals surface area contributed by atoms with E-state index in [9.17, 15) is 19.2 Å². The summed E-state index contributed by atoms with van der Waals surface area (Å²) in [6.07, 6.45) is 0.290. The molecule has 10 nitrogen and oxygen atoms in total. The minimum absolute atomic E-state index is 0.116. The predicted octanol–water partition coefficient (Wildman–Crippen LogP) is 3.04. The van der Waals surface area contributed by atoms with E-state index in [1.807, 2.05) is 6.07 Å². The second-order valence-electron chi connectivity index (χ2n) is 9.41. The van der Waals surface area contributed by atoms with E-state index >= 15 is 0 Å². The summed E-state index contributed by atoms with van der Waals surface area (Å²) in [7, 11) is 0. The highest BCUT2D eigenvalue weighted by molar-refractivity contribution is 6.31. The van der Waals surface area contributed by atoms with Crippen LogP contribution in [0.3, 0.4) is 0 Å². The van der Waals surface area contributed by atoms with Gasteiger partial charge in [-0.05, 0) is 47.2 Å². The van der Waals surface area contributed by atoms with Crippen molar-refractivity contribution in [3.8, 4) is 0 Å². The Labute approximate surface area is 206 Å². The van der Waals surface area contributed by atoms with Crippen LogP contribution in [0.2, 0.25) is 5.02 Å². The van der Waals surface area contributed by atoms with Crippen molar-refractivity contribution < 1.29 is 14.4 Å². The number of hydrogen-bond donors (Lipinski definition) is 3. The molecule has 35 heavy (non-hydrogen) atoms. The Morgan fingerprint density at radius 2 is 1.94 bits per heavy atom. The molecule has 2 aromatic carbocycles. The molecule has 0 saturated carbocycles. The lowest BCUT2D eigenvalue weighted by Crippen LogP contribution is -2.45. The highest BCUT2D eigenvalue weighted by Crippen LogP contribution is 2.31. The Balaban J connectivity index is 1.47. The Morgan fingerprint density at radius 3 is 2.63 bits per heavy atom. The Hall–Kier alpha value is -3.79. The van der Waals surface area contributed by atoms with Gasteiger partial charge in [-0.25, -0.2) is 4.79 Å². The molecule has 0 radical (unpaired) electrons. The molecule has 1 unspecified atom stereocenters. The van der Waals surface area contributed by atoms with Gasteiger partial charge in [0, 0.05) is 23.7 Å². The zero-order valence-electron chi connectivity index (χ0n) is 19.5. The van der Waals surface area contributed by atoms with Crippen LogP contribution in [0, 0.1) is 0 Å². The van der Waals surface area contributed by atoms with Gasteiger partial charge < -0.3 is 10.6 Å². The molecular formula is C24H25ClN6O4. The molecular weight excluding hydrogens is 472 g/mol. The highest BCUT2D eigenvalue weighted by Gasteiger charge is 2.30. The number of carbonyl (C=O) groups excluding carboxylic acids is 3. The molecule has 0 aliphatic carbocycles. The molecule has 1 saturated heterocycles. The molecule has 182 valence electrons. The number of anilines is 1. The molecule has 1 fully saturated rings. The van der Waals surface area contributed by atoms with E-state index in [2.05, 4.69) is 47.0 Å². The molecule has 4 rings (SSSR count). The maximum atomic E-state index is 13.0. The molecule has 1 atom stereocenters. The minimum atomic E-state index is -0.902. The molecule has 11 heteroatoms. The smallest absolute Gasteiger partial charge is 0.319 e. The van der Waals surface area contributed by atoms with Gasteiger partial charge in [-0.3, -0.25) is 19.7 Å². The Kier molecular flexibility index (Phi) is 6.58. The first-order chi connectivity index (χ1) is 16.5. The summed E-state index contributed by atoms with van der Waals surface area (Å²) in [6, 6.07) is 8.99. The summed E-state index contributed by atoms with van der Waals surface area (Å²) in [5.41, 5.74) is 1.95. The van der Waals surface area contributed by atoms with E-state index in [-0.39, 0.29) is 36.1 Å². The second-order valence-corrected chi connectivity index (χ2v) is 9.82. The number of aromatic nitrogens is 3. The summed E-state index contributed by atoms with van der Waals surface area (Å²) in [5.74, 6) is -0.964. The first kappa shape index (κ1) is 24.3. The van der Waals surface area contributed by atoms with Crippen LogP contribution in [0.5, 0.6) is 0 Å². The van der Waals surface area contributed by atoms with Crippen LogP contribution in [-0.4, -0.2) is 32.8 Å². The third kappa shape index (κ3) is 5.32. The lowest BCUT2D eigenvalue weighted by molar-refractivity contribution is -0.136. The van der Waals surface area contributed by atoms with Crippen molar-refractivity contribution in [1.82, 2.24) is 25.6 Å². The van der Waals surface area contributed by atoms with Crippen LogP contribution in [-0.2, 0) is 21.5 Å². The fourth-order valence-electron chi connectivity index (χ4n) is 3.89. The molecule has 3 aromatic rings. The van der Waals surface area contributed by atoms with Gasteiger partial charge in [-0.1, -0.05) is 49.7 Å². The van der Waals surface area contributed by atoms with Gasteiger partial charge >= 0.3 is 6.03 Å². The number of nitrogens with one attached hydrogen (secondary N) is 3. The number of halogens is 1. The van der Waals surface area contributed by atoms with Crippen LogP contribution >= 0.6 is 11.6 Å². The lowest BCUT2D eigenvalue weighted by atomic mass is 9.87. The Bertz CT molecular complexity index is 1400. The molecule has 0 bridgehead atoms. The molecule has 1 aliphatic heterocycles. The Morgan fingerprint density at radius 1 is 1.17 bits per heavy atom. The number of nitrogens with zero attached hydrogens (tertiary/aromatic N) is 3. The topological polar surface area (TPSA) is 135 Å². The average molecular weight is 497 g/mol. The zero-order valence-corrected chi connectivity index (χ0v) is 20.3. The molecule has 4 amide bonds. The van der Waals surface area contributed by atoms with E-state index < -0.39 is 23.5 Å². The monoisotopic (exact) mass is 496 g/mol. The van der Waals surface area contributed by atoms with Crippen LogP contribution in [0.1, 0.15) is 50.8 Å². The third-order valence-corrected chi connectivity index (χ3v) is 6.05. The maximum absolute atomic E-state index is 13.0. The van der Waals surface area contributed by atoms with Gasteiger partial charge in [-0.15, -0.1) is 5.10 Å². The number of imide groups is 1. The van der Waals surface area contributed by atoms with Gasteiger partial charge in [0.15, 0.2) is 0 Å². The quantitative estimate of drug-likeness (QED) is 0.475. The van der Waals surface area contributed by atoms with Crippen molar-refractivity contribution in [3.63, 3.8) is 0 Å². The normalized spacial score (nSPS) is 16.2. The lowest BCUT2D eigenvalue weighted by Gasteiger charge is -2.21. The first-order valence-electron chi connectivity index (χ1n) is 11.1. The number of rotatable bonds is 4. The summed E-state index contributed by atoms with van der Waals surface area (Å²) >= 11 is 6.37. The van der Waals surface area contributed by atoms with Gasteiger partial charge in [0.1, 0.15) is 11.6 Å². The maximum Gasteiger partial charge on any atom is 0.319 e. The number of piperidine rings is 1. The van der Waals surface area contributed by atoms with Gasteiger partial charge in [-0.2, -0.15) is 4.68 Å². The number of carbonyl (C=O) groups is 3. The number of amides is 4. The summed E-state index contributed by atoms with van der Waals surface area (Å²) in [4.78, 5) is 49.0. The van der Waals surface area contributed by atoms with Gasteiger partial charge in [0.2, 0.25) is 5.91 Å². The van der Waals surface area contributed by atoms with Crippen molar-refractivity contribution in [2.24, 2.45) is 0 Å². The van der Waals surface area contributed by atoms with E-state index in [1.165, 1.54) is 0 Å². The van der Waals surface area contributed by atoms with Gasteiger partial charge in [0.25, 0.3) is 11.5 Å². The van der Waals surface area contributed by atoms with Crippen molar-refractivity contribution in [3.05, 3.63) is 62.9 Å². The van der Waals surface area contributed by atoms with Crippen molar-refractivity contribution in [2.75, 3.05) is 5.32 Å². The largest absolute Gasteiger partial charge is 0.334 e. The van der Waals surface area contributed by atoms with Crippen molar-refractivity contribution in [2.45, 2.75) is 51.6 Å². The van der Waals surface area contributed by atoms with Crippen LogP contribution in [0.4, 0.5) is 10.5 Å².